The minimum atomic E-state index is -0.566. The van der Waals surface area contributed by atoms with Gasteiger partial charge in [-0.25, -0.2) is 9.59 Å². The first-order chi connectivity index (χ1) is 11.5. The van der Waals surface area contributed by atoms with Crippen LogP contribution in [0.1, 0.15) is 58.3 Å². The minimum absolute atomic E-state index is 0.279. The molecule has 24 heavy (non-hydrogen) atoms. The molecule has 5 atom stereocenters. The number of esters is 2. The Hall–Kier alpha value is -1.32. The van der Waals surface area contributed by atoms with Gasteiger partial charge in [0.25, 0.3) is 0 Å². The number of rotatable bonds is 5. The second-order valence-electron chi connectivity index (χ2n) is 8.69. The molecule has 2 bridgehead atoms. The third-order valence-corrected chi connectivity index (χ3v) is 7.25. The van der Waals surface area contributed by atoms with Gasteiger partial charge in [-0.2, -0.15) is 0 Å². The number of carbonyl (C=O) groups is 2. The molecule has 0 aromatic carbocycles. The van der Waals surface area contributed by atoms with Crippen LogP contribution in [-0.4, -0.2) is 24.1 Å². The summed E-state index contributed by atoms with van der Waals surface area (Å²) in [6.07, 6.45) is 10.9. The average Bonchev–Trinajstić information content (AvgIpc) is 2.95. The molecule has 4 saturated carbocycles. The minimum Gasteiger partial charge on any atom is -0.456 e. The van der Waals surface area contributed by atoms with E-state index in [1.807, 2.05) is 0 Å². The first kappa shape index (κ1) is 16.2. The molecule has 4 heteroatoms. The summed E-state index contributed by atoms with van der Waals surface area (Å²) < 4.78 is 11.2. The molecule has 4 fully saturated rings. The summed E-state index contributed by atoms with van der Waals surface area (Å²) >= 11 is 0. The highest BCUT2D eigenvalue weighted by atomic mass is 16.6. The third-order valence-electron chi connectivity index (χ3n) is 7.25. The first-order valence-corrected chi connectivity index (χ1v) is 9.51. The zero-order valence-corrected chi connectivity index (χ0v) is 14.6. The molecular formula is C20H28O4. The van der Waals surface area contributed by atoms with Crippen molar-refractivity contribution in [2.45, 2.75) is 63.9 Å². The first-order valence-electron chi connectivity index (χ1n) is 9.51. The second kappa shape index (κ2) is 5.60. The van der Waals surface area contributed by atoms with Crippen LogP contribution in [0.25, 0.3) is 0 Å². The van der Waals surface area contributed by atoms with Gasteiger partial charge in [-0.3, -0.25) is 0 Å². The van der Waals surface area contributed by atoms with E-state index >= 15 is 0 Å². The van der Waals surface area contributed by atoms with Crippen molar-refractivity contribution in [1.82, 2.24) is 0 Å². The van der Waals surface area contributed by atoms with E-state index in [2.05, 4.69) is 13.5 Å². The predicted octanol–water partition coefficient (Wildman–Crippen LogP) is 3.64. The summed E-state index contributed by atoms with van der Waals surface area (Å²) in [5.74, 6) is 1.34. The maximum atomic E-state index is 12.5. The quantitative estimate of drug-likeness (QED) is 0.570. The monoisotopic (exact) mass is 332 g/mol. The number of hydrogen-bond donors (Lipinski definition) is 0. The van der Waals surface area contributed by atoms with E-state index in [1.165, 1.54) is 51.4 Å². The molecule has 0 saturated heterocycles. The van der Waals surface area contributed by atoms with Gasteiger partial charge in [0, 0.05) is 17.9 Å². The molecule has 0 radical (unpaired) electrons. The van der Waals surface area contributed by atoms with Gasteiger partial charge in [0.2, 0.25) is 0 Å². The molecule has 4 nitrogen and oxygen atoms in total. The Morgan fingerprint density at radius 1 is 1.17 bits per heavy atom. The van der Waals surface area contributed by atoms with E-state index in [-0.39, 0.29) is 18.2 Å². The van der Waals surface area contributed by atoms with Gasteiger partial charge in [0.15, 0.2) is 6.61 Å². The second-order valence-corrected chi connectivity index (χ2v) is 8.69. The summed E-state index contributed by atoms with van der Waals surface area (Å²) in [6.45, 7) is 5.42. The Labute approximate surface area is 144 Å². The van der Waals surface area contributed by atoms with Crippen LogP contribution in [0.5, 0.6) is 0 Å². The molecule has 1 spiro atoms. The fraction of sp³-hybridized carbons (Fsp3) is 0.800. The van der Waals surface area contributed by atoms with Crippen molar-refractivity contribution in [3.8, 4) is 0 Å². The van der Waals surface area contributed by atoms with Crippen LogP contribution in [0.3, 0.4) is 0 Å². The molecule has 0 amide bonds. The zero-order chi connectivity index (χ0) is 16.9. The highest BCUT2D eigenvalue weighted by molar-refractivity contribution is 5.83. The van der Waals surface area contributed by atoms with Gasteiger partial charge < -0.3 is 9.47 Å². The molecule has 5 unspecified atom stereocenters. The van der Waals surface area contributed by atoms with E-state index in [0.717, 1.165) is 12.0 Å². The zero-order valence-electron chi connectivity index (χ0n) is 14.6. The van der Waals surface area contributed by atoms with Gasteiger partial charge >= 0.3 is 11.9 Å². The van der Waals surface area contributed by atoms with Gasteiger partial charge in [0.05, 0.1) is 0 Å². The van der Waals surface area contributed by atoms with Crippen LogP contribution < -0.4 is 0 Å². The predicted molar refractivity (Wildman–Crippen MR) is 89.0 cm³/mol. The Kier molecular flexibility index (Phi) is 3.77. The maximum absolute atomic E-state index is 12.5. The van der Waals surface area contributed by atoms with E-state index in [0.29, 0.717) is 23.2 Å². The normalized spacial score (nSPS) is 43.1. The number of hydrogen-bond acceptors (Lipinski definition) is 4. The Bertz CT molecular complexity index is 564. The fourth-order valence-electron chi connectivity index (χ4n) is 6.63. The van der Waals surface area contributed by atoms with Gasteiger partial charge in [-0.05, 0) is 55.8 Å². The molecule has 0 N–H and O–H groups in total. The molecule has 132 valence electrons. The lowest BCUT2D eigenvalue weighted by atomic mass is 9.69. The average molecular weight is 332 g/mol. The van der Waals surface area contributed by atoms with Crippen molar-refractivity contribution in [1.29, 1.82) is 0 Å². The Balaban J connectivity index is 1.56. The number of fused-ring (bicyclic) bond motifs is 1. The van der Waals surface area contributed by atoms with Gasteiger partial charge in [-0.15, -0.1) is 0 Å². The Morgan fingerprint density at radius 3 is 2.62 bits per heavy atom. The van der Waals surface area contributed by atoms with Gasteiger partial charge in [-0.1, -0.05) is 26.3 Å². The molecular weight excluding hydrogens is 304 g/mol. The third kappa shape index (κ3) is 2.33. The van der Waals surface area contributed by atoms with Gasteiger partial charge in [0.1, 0.15) is 5.60 Å². The molecule has 4 rings (SSSR count). The van der Waals surface area contributed by atoms with Crippen molar-refractivity contribution in [2.75, 3.05) is 6.61 Å². The van der Waals surface area contributed by atoms with Crippen LogP contribution in [0.4, 0.5) is 0 Å². The van der Waals surface area contributed by atoms with Crippen LogP contribution in [-0.2, 0) is 19.1 Å². The van der Waals surface area contributed by atoms with Crippen molar-refractivity contribution in [3.05, 3.63) is 12.7 Å². The van der Waals surface area contributed by atoms with Crippen LogP contribution in [0.15, 0.2) is 12.7 Å². The lowest BCUT2D eigenvalue weighted by Crippen LogP contribution is -2.49. The fourth-order valence-corrected chi connectivity index (χ4v) is 6.63. The van der Waals surface area contributed by atoms with Crippen LogP contribution in [0.2, 0.25) is 0 Å². The lowest BCUT2D eigenvalue weighted by molar-refractivity contribution is -0.184. The van der Waals surface area contributed by atoms with Crippen molar-refractivity contribution < 1.29 is 19.1 Å². The topological polar surface area (TPSA) is 52.6 Å². The summed E-state index contributed by atoms with van der Waals surface area (Å²) in [5, 5.41) is 0. The number of ether oxygens (including phenoxy) is 2. The number of carbonyl (C=O) groups excluding carboxylic acids is 2. The van der Waals surface area contributed by atoms with Crippen LogP contribution >= 0.6 is 0 Å². The van der Waals surface area contributed by atoms with Crippen molar-refractivity contribution in [2.24, 2.45) is 29.1 Å². The SMILES string of the molecule is C=CC(=O)OCC(=O)OC1(C2CCCC2)C2CC(C)CC3(C2)CC31. The van der Waals surface area contributed by atoms with E-state index in [9.17, 15) is 9.59 Å². The molecule has 0 aromatic heterocycles. The molecule has 0 aliphatic heterocycles. The summed E-state index contributed by atoms with van der Waals surface area (Å²) in [6, 6.07) is 0. The summed E-state index contributed by atoms with van der Waals surface area (Å²) in [7, 11) is 0. The lowest BCUT2D eigenvalue weighted by Gasteiger charge is -2.43. The largest absolute Gasteiger partial charge is 0.456 e. The highest BCUT2D eigenvalue weighted by Gasteiger charge is 2.77. The maximum Gasteiger partial charge on any atom is 0.344 e. The molecule has 0 aromatic rings. The van der Waals surface area contributed by atoms with E-state index < -0.39 is 5.97 Å². The summed E-state index contributed by atoms with van der Waals surface area (Å²) in [4.78, 5) is 23.7. The van der Waals surface area contributed by atoms with Crippen molar-refractivity contribution in [3.63, 3.8) is 0 Å². The van der Waals surface area contributed by atoms with E-state index in [1.54, 1.807) is 0 Å². The van der Waals surface area contributed by atoms with E-state index in [4.69, 9.17) is 9.47 Å². The Morgan fingerprint density at radius 2 is 1.92 bits per heavy atom. The van der Waals surface area contributed by atoms with Crippen LogP contribution in [0, 0.1) is 29.1 Å². The molecule has 4 aliphatic rings. The molecule has 4 aliphatic carbocycles. The van der Waals surface area contributed by atoms with Crippen molar-refractivity contribution >= 4 is 11.9 Å². The molecule has 0 heterocycles. The highest BCUT2D eigenvalue weighted by Crippen LogP contribution is 2.78. The smallest absolute Gasteiger partial charge is 0.344 e. The summed E-state index contributed by atoms with van der Waals surface area (Å²) in [5.41, 5.74) is 0.169. The standard InChI is InChI=1S/C20H28O4/c1-3-17(21)23-12-18(22)24-20(14-6-4-5-7-14)15-8-13(2)9-19(10-15)11-16(19)20/h3,13-16H,1,4-12H2,2H3.